The van der Waals surface area contributed by atoms with Crippen LogP contribution in [0.1, 0.15) is 33.6 Å². The lowest BCUT2D eigenvalue weighted by molar-refractivity contribution is -0.645. The predicted molar refractivity (Wildman–Crippen MR) is 65.3 cm³/mol. The van der Waals surface area contributed by atoms with Gasteiger partial charge in [-0.15, -0.1) is 0 Å². The Morgan fingerprint density at radius 2 is 2.21 bits per heavy atom. The van der Waals surface area contributed by atoms with Gasteiger partial charge in [-0.3, -0.25) is 0 Å². The molecule has 0 rings (SSSR count). The Hall–Kier alpha value is -0.123. The van der Waals surface area contributed by atoms with Gasteiger partial charge in [0.2, 0.25) is 0 Å². The van der Waals surface area contributed by atoms with Gasteiger partial charge in [0.25, 0.3) is 0 Å². The summed E-state index contributed by atoms with van der Waals surface area (Å²) in [6.45, 7) is 9.81. The molecule has 2 nitrogen and oxygen atoms in total. The van der Waals surface area contributed by atoms with Crippen molar-refractivity contribution in [3.8, 4) is 0 Å². The van der Waals surface area contributed by atoms with Crippen molar-refractivity contribution in [2.75, 3.05) is 19.7 Å². The van der Waals surface area contributed by atoms with Gasteiger partial charge in [-0.25, -0.2) is 0 Å². The van der Waals surface area contributed by atoms with Crippen LogP contribution in [0.15, 0.2) is 11.6 Å². The molecule has 0 unspecified atom stereocenters. The van der Waals surface area contributed by atoms with Gasteiger partial charge in [-0.2, -0.15) is 0 Å². The lowest BCUT2D eigenvalue weighted by Crippen LogP contribution is -2.84. The highest BCUT2D eigenvalue weighted by atomic mass is 28.2. The molecule has 0 aromatic carbocycles. The molecule has 0 radical (unpaired) electrons. The average Bonchev–Trinajstić information content (AvgIpc) is 2.21. The first kappa shape index (κ1) is 13.9. The van der Waals surface area contributed by atoms with Gasteiger partial charge >= 0.3 is 0 Å². The van der Waals surface area contributed by atoms with Crippen LogP contribution in [0.3, 0.4) is 0 Å². The summed E-state index contributed by atoms with van der Waals surface area (Å²) in [5.74, 6) is 0. The fourth-order valence-corrected chi connectivity index (χ4v) is 2.17. The molecule has 84 valence electrons. The Kier molecular flexibility index (Phi) is 10.9. The lowest BCUT2D eigenvalue weighted by Gasteiger charge is -2.00. The van der Waals surface area contributed by atoms with Crippen molar-refractivity contribution in [3.05, 3.63) is 11.6 Å². The van der Waals surface area contributed by atoms with Crippen LogP contribution in [0.2, 0.25) is 6.04 Å². The molecule has 0 fully saturated rings. The first-order chi connectivity index (χ1) is 6.81. The summed E-state index contributed by atoms with van der Waals surface area (Å²) in [5.41, 5.74) is 1.50. The summed E-state index contributed by atoms with van der Waals surface area (Å²) in [7, 11) is -0.178. The van der Waals surface area contributed by atoms with Gasteiger partial charge in [0.05, 0.1) is 13.1 Å². The Morgan fingerprint density at radius 3 is 2.86 bits per heavy atom. The molecule has 0 saturated carbocycles. The summed E-state index contributed by atoms with van der Waals surface area (Å²) in [4.78, 5) is 0. The summed E-state index contributed by atoms with van der Waals surface area (Å²) >= 11 is 0. The molecule has 2 N–H and O–H groups in total. The molecule has 0 aromatic heterocycles. The van der Waals surface area contributed by atoms with E-state index in [1.807, 2.05) is 0 Å². The maximum Gasteiger partial charge on any atom is 0.161 e. The maximum atomic E-state index is 5.41. The molecular weight excluding hydrogens is 190 g/mol. The number of allylic oxidation sites excluding steroid dienone is 1. The van der Waals surface area contributed by atoms with Crippen LogP contribution in [-0.4, -0.2) is 29.5 Å². The van der Waals surface area contributed by atoms with E-state index in [1.54, 1.807) is 0 Å². The summed E-state index contributed by atoms with van der Waals surface area (Å²) in [6.07, 6.45) is 4.84. The molecule has 0 amide bonds. The van der Waals surface area contributed by atoms with Crippen LogP contribution in [0, 0.1) is 0 Å². The largest absolute Gasteiger partial charge is 0.424 e. The Morgan fingerprint density at radius 1 is 1.43 bits per heavy atom. The maximum absolute atomic E-state index is 5.41. The van der Waals surface area contributed by atoms with Gasteiger partial charge in [-0.05, 0) is 38.8 Å². The minimum atomic E-state index is -0.178. The Bertz CT molecular complexity index is 148. The number of hydrogen-bond donors (Lipinski definition) is 1. The summed E-state index contributed by atoms with van der Waals surface area (Å²) in [5, 5.41) is 2.39. The molecule has 0 saturated heterocycles. The van der Waals surface area contributed by atoms with E-state index in [9.17, 15) is 0 Å². The topological polar surface area (TPSA) is 25.8 Å². The molecule has 0 aliphatic heterocycles. The second-order valence-corrected chi connectivity index (χ2v) is 5.14. The van der Waals surface area contributed by atoms with E-state index in [0.717, 1.165) is 13.2 Å². The molecule has 0 heterocycles. The van der Waals surface area contributed by atoms with Crippen molar-refractivity contribution in [2.45, 2.75) is 39.7 Å². The summed E-state index contributed by atoms with van der Waals surface area (Å²) in [6, 6.07) is 1.33. The highest BCUT2D eigenvalue weighted by Crippen LogP contribution is 1.94. The van der Waals surface area contributed by atoms with E-state index in [1.165, 1.54) is 31.0 Å². The monoisotopic (exact) mass is 216 g/mol. The van der Waals surface area contributed by atoms with Crippen molar-refractivity contribution in [1.82, 2.24) is 0 Å². The fourth-order valence-electron chi connectivity index (χ4n) is 1.18. The van der Waals surface area contributed by atoms with E-state index < -0.39 is 0 Å². The van der Waals surface area contributed by atoms with Crippen LogP contribution in [0.4, 0.5) is 0 Å². The van der Waals surface area contributed by atoms with Crippen LogP contribution in [0.5, 0.6) is 0 Å². The quantitative estimate of drug-likeness (QED) is 0.345. The van der Waals surface area contributed by atoms with Gasteiger partial charge in [-0.1, -0.05) is 12.5 Å². The first-order valence-corrected chi connectivity index (χ1v) is 7.44. The minimum Gasteiger partial charge on any atom is -0.424 e. The molecule has 0 aliphatic rings. The van der Waals surface area contributed by atoms with Gasteiger partial charge in [0, 0.05) is 6.61 Å². The molecule has 3 heteroatoms. The Balaban J connectivity index is 3.06. The Labute approximate surface area is 91.1 Å². The second-order valence-electron chi connectivity index (χ2n) is 3.62. The number of nitrogens with two attached hydrogens (primary N) is 1. The van der Waals surface area contributed by atoms with E-state index in [-0.39, 0.29) is 9.76 Å². The van der Waals surface area contributed by atoms with E-state index >= 15 is 0 Å². The van der Waals surface area contributed by atoms with Crippen LogP contribution < -0.4 is 5.32 Å². The second kappa shape index (κ2) is 11.0. The molecule has 0 atom stereocenters. The fraction of sp³-hybridized carbons (Fsp3) is 0.818. The highest BCUT2D eigenvalue weighted by molar-refractivity contribution is 6.26. The van der Waals surface area contributed by atoms with Gasteiger partial charge < -0.3 is 9.74 Å². The van der Waals surface area contributed by atoms with Crippen molar-refractivity contribution < 1.29 is 9.74 Å². The first-order valence-electron chi connectivity index (χ1n) is 5.86. The van der Waals surface area contributed by atoms with E-state index in [0.29, 0.717) is 0 Å². The van der Waals surface area contributed by atoms with E-state index in [4.69, 9.17) is 4.43 Å². The smallest absolute Gasteiger partial charge is 0.161 e. The molecular formula is C11H26NOSi+. The van der Waals surface area contributed by atoms with Gasteiger partial charge in [0.1, 0.15) is 0 Å². The zero-order valence-electron chi connectivity index (χ0n) is 10.0. The van der Waals surface area contributed by atoms with Crippen molar-refractivity contribution >= 4 is 9.76 Å². The van der Waals surface area contributed by atoms with Crippen molar-refractivity contribution in [3.63, 3.8) is 0 Å². The number of rotatable bonds is 9. The van der Waals surface area contributed by atoms with Gasteiger partial charge in [0.15, 0.2) is 9.76 Å². The molecule has 0 aliphatic carbocycles. The zero-order chi connectivity index (χ0) is 10.6. The van der Waals surface area contributed by atoms with Crippen molar-refractivity contribution in [2.24, 2.45) is 0 Å². The molecule has 0 bridgehead atoms. The minimum absolute atomic E-state index is 0.178. The van der Waals surface area contributed by atoms with Crippen LogP contribution in [-0.2, 0) is 4.43 Å². The normalized spacial score (nSPS) is 12.9. The molecule has 14 heavy (non-hydrogen) atoms. The highest BCUT2D eigenvalue weighted by Gasteiger charge is 1.91. The van der Waals surface area contributed by atoms with Crippen molar-refractivity contribution in [1.29, 1.82) is 0 Å². The predicted octanol–water partition coefficient (Wildman–Crippen LogP) is 0.835. The third-order valence-electron chi connectivity index (χ3n) is 2.34. The number of quaternary nitrogens is 1. The third-order valence-corrected chi connectivity index (χ3v) is 3.83. The zero-order valence-corrected chi connectivity index (χ0v) is 11.4. The average molecular weight is 216 g/mol. The standard InChI is InChI=1S/C11H25NOSi/c1-4-11(3)7-9-12-8-6-10-14-13-5-2/h7,12H,4-6,8-10,14H2,1-3H3/p+1. The SMILES string of the molecule is CCO[SiH2]CCC[NH2+]CC=C(C)CC. The van der Waals surface area contributed by atoms with E-state index in [2.05, 4.69) is 32.2 Å². The molecule has 0 spiro atoms. The summed E-state index contributed by atoms with van der Waals surface area (Å²) < 4.78 is 5.41. The number of hydrogen-bond acceptors (Lipinski definition) is 1. The molecule has 0 aromatic rings. The third kappa shape index (κ3) is 9.96. The van der Waals surface area contributed by atoms with Crippen LogP contribution >= 0.6 is 0 Å². The lowest BCUT2D eigenvalue weighted by atomic mass is 10.2. The van der Waals surface area contributed by atoms with Crippen LogP contribution in [0.25, 0.3) is 0 Å².